The molecule has 0 saturated carbocycles. The van der Waals surface area contributed by atoms with E-state index in [1.54, 1.807) is 22.9 Å². The summed E-state index contributed by atoms with van der Waals surface area (Å²) in [7, 11) is 0. The zero-order valence-electron chi connectivity index (χ0n) is 21.3. The first kappa shape index (κ1) is 25.2. The molecule has 190 valence electrons. The van der Waals surface area contributed by atoms with Crippen molar-refractivity contribution in [2.24, 2.45) is 5.10 Å². The van der Waals surface area contributed by atoms with Gasteiger partial charge in [0.1, 0.15) is 0 Å². The lowest BCUT2D eigenvalue weighted by Gasteiger charge is -2.13. The number of amides is 1. The van der Waals surface area contributed by atoms with Crippen molar-refractivity contribution in [3.63, 3.8) is 0 Å². The Balaban J connectivity index is 1.34. The van der Waals surface area contributed by atoms with Gasteiger partial charge in [0.15, 0.2) is 5.16 Å². The summed E-state index contributed by atoms with van der Waals surface area (Å²) in [5.74, 6) is -0.273. The minimum absolute atomic E-state index is 0.0369. The van der Waals surface area contributed by atoms with Crippen LogP contribution in [0.15, 0.2) is 93.9 Å². The molecular weight excluding hydrogens is 496 g/mol. The third-order valence-corrected chi connectivity index (χ3v) is 7.04. The van der Waals surface area contributed by atoms with Gasteiger partial charge in [-0.15, -0.1) is 0 Å². The van der Waals surface area contributed by atoms with Crippen molar-refractivity contribution in [3.05, 3.63) is 112 Å². The summed E-state index contributed by atoms with van der Waals surface area (Å²) in [5.41, 5.74) is 8.29. The van der Waals surface area contributed by atoms with E-state index in [1.165, 1.54) is 11.8 Å². The van der Waals surface area contributed by atoms with Gasteiger partial charge in [0.05, 0.1) is 45.6 Å². The van der Waals surface area contributed by atoms with Gasteiger partial charge in [-0.3, -0.25) is 14.2 Å². The largest absolute Gasteiger partial charge is 0.272 e. The first-order valence-corrected chi connectivity index (χ1v) is 13.1. The Morgan fingerprint density at radius 2 is 1.66 bits per heavy atom. The van der Waals surface area contributed by atoms with Crippen molar-refractivity contribution in [3.8, 4) is 11.4 Å². The van der Waals surface area contributed by atoms with E-state index in [0.717, 1.165) is 28.2 Å². The monoisotopic (exact) mass is 522 g/mol. The predicted molar refractivity (Wildman–Crippen MR) is 152 cm³/mol. The number of aromatic nitrogens is 4. The average molecular weight is 523 g/mol. The van der Waals surface area contributed by atoms with Crippen molar-refractivity contribution in [2.75, 3.05) is 5.75 Å². The molecule has 1 N–H and O–H groups in total. The summed E-state index contributed by atoms with van der Waals surface area (Å²) in [6.07, 6.45) is 1.61. The van der Waals surface area contributed by atoms with Gasteiger partial charge in [0.2, 0.25) is 0 Å². The van der Waals surface area contributed by atoms with E-state index in [0.29, 0.717) is 21.7 Å². The second-order valence-electron chi connectivity index (χ2n) is 8.80. The van der Waals surface area contributed by atoms with Crippen molar-refractivity contribution < 1.29 is 4.79 Å². The highest BCUT2D eigenvalue weighted by atomic mass is 32.2. The molecule has 0 fully saturated rings. The lowest BCUT2D eigenvalue weighted by atomic mass is 10.2. The number of carbonyl (C=O) groups is 1. The Morgan fingerprint density at radius 1 is 0.947 bits per heavy atom. The molecule has 2 heterocycles. The standard InChI is InChI=1S/C29H26N6O2S/c1-19-13-15-22(16-14-19)34-28(37)24-11-7-8-12-26(24)31-29(34)38-18-27(36)32-30-17-25-20(2)33-35(21(25)3)23-9-5-4-6-10-23/h4-17H,18H2,1-3H3,(H,32,36)/b30-17-. The quantitative estimate of drug-likeness (QED) is 0.144. The van der Waals surface area contributed by atoms with Crippen molar-refractivity contribution in [1.82, 2.24) is 24.8 Å². The molecule has 3 aromatic carbocycles. The molecule has 0 aliphatic carbocycles. The highest BCUT2D eigenvalue weighted by Gasteiger charge is 2.15. The second kappa shape index (κ2) is 10.9. The molecule has 0 saturated heterocycles. The van der Waals surface area contributed by atoms with Crippen LogP contribution in [-0.2, 0) is 4.79 Å². The van der Waals surface area contributed by atoms with Crippen LogP contribution in [0.25, 0.3) is 22.3 Å². The summed E-state index contributed by atoms with van der Waals surface area (Å²) >= 11 is 1.19. The van der Waals surface area contributed by atoms with Crippen LogP contribution in [-0.4, -0.2) is 37.2 Å². The maximum atomic E-state index is 13.4. The SMILES string of the molecule is Cc1ccc(-n2c(SCC(=O)N/N=C\c3c(C)nn(-c4ccccc4)c3C)nc3ccccc3c2=O)cc1. The van der Waals surface area contributed by atoms with Crippen LogP contribution in [0.5, 0.6) is 0 Å². The van der Waals surface area contributed by atoms with Gasteiger partial charge < -0.3 is 0 Å². The van der Waals surface area contributed by atoms with Crippen molar-refractivity contribution in [2.45, 2.75) is 25.9 Å². The summed E-state index contributed by atoms with van der Waals surface area (Å²) in [6.45, 7) is 5.85. The molecule has 1 amide bonds. The minimum Gasteiger partial charge on any atom is -0.272 e. The molecule has 0 bridgehead atoms. The van der Waals surface area contributed by atoms with Gasteiger partial charge in [-0.2, -0.15) is 10.2 Å². The fourth-order valence-corrected chi connectivity index (χ4v) is 4.93. The molecule has 5 rings (SSSR count). The van der Waals surface area contributed by atoms with Crippen LogP contribution in [0, 0.1) is 20.8 Å². The third-order valence-electron chi connectivity index (χ3n) is 6.10. The van der Waals surface area contributed by atoms with E-state index < -0.39 is 0 Å². The number of nitrogens with one attached hydrogen (secondary N) is 1. The second-order valence-corrected chi connectivity index (χ2v) is 9.74. The number of benzene rings is 3. The van der Waals surface area contributed by atoms with E-state index in [2.05, 4.69) is 20.6 Å². The first-order valence-electron chi connectivity index (χ1n) is 12.1. The Labute approximate surface area is 224 Å². The molecule has 0 aliphatic heterocycles. The Hall–Kier alpha value is -4.50. The first-order chi connectivity index (χ1) is 18.4. The predicted octanol–water partition coefficient (Wildman–Crippen LogP) is 4.74. The lowest BCUT2D eigenvalue weighted by Crippen LogP contribution is -2.24. The van der Waals surface area contributed by atoms with Gasteiger partial charge in [-0.25, -0.2) is 15.1 Å². The number of rotatable bonds is 7. The number of hydrogen-bond acceptors (Lipinski definition) is 6. The summed E-state index contributed by atoms with van der Waals surface area (Å²) < 4.78 is 3.40. The fourth-order valence-electron chi connectivity index (χ4n) is 4.12. The lowest BCUT2D eigenvalue weighted by molar-refractivity contribution is -0.118. The Kier molecular flexibility index (Phi) is 7.19. The van der Waals surface area contributed by atoms with Crippen LogP contribution in [0.3, 0.4) is 0 Å². The van der Waals surface area contributed by atoms with Crippen molar-refractivity contribution in [1.29, 1.82) is 0 Å². The number of para-hydroxylation sites is 2. The normalized spacial score (nSPS) is 11.3. The number of thioether (sulfide) groups is 1. The summed E-state index contributed by atoms with van der Waals surface area (Å²) in [5, 5.41) is 9.72. The molecule has 0 spiro atoms. The number of aryl methyl sites for hydroxylation is 2. The molecule has 0 unspecified atom stereocenters. The summed E-state index contributed by atoms with van der Waals surface area (Å²) in [6, 6.07) is 24.7. The summed E-state index contributed by atoms with van der Waals surface area (Å²) in [4.78, 5) is 30.7. The maximum absolute atomic E-state index is 13.4. The Bertz CT molecular complexity index is 1710. The molecule has 8 nitrogen and oxygen atoms in total. The average Bonchev–Trinajstić information content (AvgIpc) is 3.22. The van der Waals surface area contributed by atoms with Gasteiger partial charge in [-0.05, 0) is 57.2 Å². The number of hydrogen-bond donors (Lipinski definition) is 1. The van der Waals surface area contributed by atoms with Crippen molar-refractivity contribution >= 4 is 34.8 Å². The zero-order chi connectivity index (χ0) is 26.6. The molecule has 0 aliphatic rings. The molecular formula is C29H26N6O2S. The topological polar surface area (TPSA) is 94.2 Å². The van der Waals surface area contributed by atoms with Crippen LogP contribution in [0.1, 0.15) is 22.5 Å². The number of fused-ring (bicyclic) bond motifs is 1. The molecule has 38 heavy (non-hydrogen) atoms. The third kappa shape index (κ3) is 5.14. The van der Waals surface area contributed by atoms with Crippen LogP contribution >= 0.6 is 11.8 Å². The maximum Gasteiger partial charge on any atom is 0.266 e. The van der Waals surface area contributed by atoms with E-state index >= 15 is 0 Å². The van der Waals surface area contributed by atoms with E-state index in [1.807, 2.05) is 92.2 Å². The zero-order valence-corrected chi connectivity index (χ0v) is 22.1. The van der Waals surface area contributed by atoms with Gasteiger partial charge in [-0.1, -0.05) is 59.8 Å². The molecule has 0 radical (unpaired) electrons. The van der Waals surface area contributed by atoms with Gasteiger partial charge in [0.25, 0.3) is 11.5 Å². The molecule has 9 heteroatoms. The molecule has 2 aromatic heterocycles. The van der Waals surface area contributed by atoms with Gasteiger partial charge in [0, 0.05) is 5.56 Å². The van der Waals surface area contributed by atoms with Crippen LogP contribution in [0.4, 0.5) is 0 Å². The van der Waals surface area contributed by atoms with E-state index in [4.69, 9.17) is 0 Å². The Morgan fingerprint density at radius 3 is 2.42 bits per heavy atom. The van der Waals surface area contributed by atoms with Crippen LogP contribution < -0.4 is 11.0 Å². The number of nitrogens with zero attached hydrogens (tertiary/aromatic N) is 5. The highest BCUT2D eigenvalue weighted by Crippen LogP contribution is 2.22. The number of hydrazone groups is 1. The highest BCUT2D eigenvalue weighted by molar-refractivity contribution is 7.99. The smallest absolute Gasteiger partial charge is 0.266 e. The minimum atomic E-state index is -0.310. The van der Waals surface area contributed by atoms with Gasteiger partial charge >= 0.3 is 0 Å². The van der Waals surface area contributed by atoms with E-state index in [9.17, 15) is 9.59 Å². The molecule has 0 atom stereocenters. The fraction of sp³-hybridized carbons (Fsp3) is 0.138. The molecule has 5 aromatic rings. The van der Waals surface area contributed by atoms with E-state index in [-0.39, 0.29) is 17.2 Å². The van der Waals surface area contributed by atoms with Crippen LogP contribution in [0.2, 0.25) is 0 Å². The number of carbonyl (C=O) groups excluding carboxylic acids is 1.